The number of hydrogen-bond donors (Lipinski definition) is 1. The minimum atomic E-state index is 0.952. The summed E-state index contributed by atoms with van der Waals surface area (Å²) in [6, 6.07) is 8.19. The van der Waals surface area contributed by atoms with Crippen LogP contribution in [0.15, 0.2) is 29.4 Å². The van der Waals surface area contributed by atoms with Crippen molar-refractivity contribution in [2.75, 3.05) is 5.75 Å². The van der Waals surface area contributed by atoms with Crippen molar-refractivity contribution in [3.63, 3.8) is 0 Å². The van der Waals surface area contributed by atoms with E-state index in [1.54, 1.807) is 0 Å². The summed E-state index contributed by atoms with van der Waals surface area (Å²) in [5.41, 5.74) is 2.22. The Morgan fingerprint density at radius 1 is 1.36 bits per heavy atom. The van der Waals surface area contributed by atoms with Crippen LogP contribution in [0.2, 0.25) is 0 Å². The van der Waals surface area contributed by atoms with Gasteiger partial charge in [0.2, 0.25) is 0 Å². The highest BCUT2D eigenvalue weighted by atomic mass is 32.2. The number of H-pyrrole nitrogens is 1. The Morgan fingerprint density at radius 3 is 3.00 bits per heavy atom. The minimum absolute atomic E-state index is 0.952. The number of hydrogen-bond acceptors (Lipinski definition) is 2. The maximum Gasteiger partial charge on any atom is 0.166 e. The smallest absolute Gasteiger partial charge is 0.166 e. The molecule has 0 bridgehead atoms. The van der Waals surface area contributed by atoms with Crippen LogP contribution in [0.3, 0.4) is 0 Å². The van der Waals surface area contributed by atoms with Gasteiger partial charge in [0, 0.05) is 5.75 Å². The number of benzene rings is 1. The molecule has 3 heteroatoms. The molecule has 1 aromatic carbocycles. The summed E-state index contributed by atoms with van der Waals surface area (Å²) >= 11 is 1.85. The lowest BCUT2D eigenvalue weighted by Gasteiger charge is -1.92. The Kier molecular flexibility index (Phi) is 1.98. The summed E-state index contributed by atoms with van der Waals surface area (Å²) in [6.45, 7) is 0. The average Bonchev–Trinajstić information content (AvgIpc) is 2.94. The molecule has 3 rings (SSSR count). The third-order valence-electron chi connectivity index (χ3n) is 2.52. The van der Waals surface area contributed by atoms with Crippen LogP contribution in [0.25, 0.3) is 11.0 Å². The normalized spacial score (nSPS) is 16.3. The first-order valence-corrected chi connectivity index (χ1v) is 5.98. The van der Waals surface area contributed by atoms with Gasteiger partial charge in [-0.25, -0.2) is 4.98 Å². The second-order valence-electron chi connectivity index (χ2n) is 3.81. The molecule has 2 nitrogen and oxygen atoms in total. The van der Waals surface area contributed by atoms with Crippen molar-refractivity contribution >= 4 is 22.8 Å². The molecule has 0 amide bonds. The third-order valence-corrected chi connectivity index (χ3v) is 3.63. The van der Waals surface area contributed by atoms with Gasteiger partial charge in [-0.05, 0) is 30.9 Å². The molecule has 1 heterocycles. The van der Waals surface area contributed by atoms with Gasteiger partial charge in [-0.1, -0.05) is 23.9 Å². The number of nitrogens with one attached hydrogen (secondary N) is 1. The van der Waals surface area contributed by atoms with Crippen molar-refractivity contribution in [2.45, 2.75) is 18.0 Å². The van der Waals surface area contributed by atoms with E-state index in [0.717, 1.165) is 22.1 Å². The highest BCUT2D eigenvalue weighted by molar-refractivity contribution is 7.99. The van der Waals surface area contributed by atoms with Crippen LogP contribution < -0.4 is 0 Å². The Morgan fingerprint density at radius 2 is 2.21 bits per heavy atom. The van der Waals surface area contributed by atoms with Crippen LogP contribution in [0.5, 0.6) is 0 Å². The zero-order valence-corrected chi connectivity index (χ0v) is 8.68. The number of rotatable bonds is 3. The zero-order chi connectivity index (χ0) is 9.38. The molecule has 0 spiro atoms. The molecule has 14 heavy (non-hydrogen) atoms. The predicted octanol–water partition coefficient (Wildman–Crippen LogP) is 3.07. The molecule has 1 aliphatic rings. The summed E-state index contributed by atoms with van der Waals surface area (Å²) < 4.78 is 0. The monoisotopic (exact) mass is 204 g/mol. The lowest BCUT2D eigenvalue weighted by Crippen LogP contribution is -1.81. The van der Waals surface area contributed by atoms with Crippen LogP contribution in [0.1, 0.15) is 12.8 Å². The fourth-order valence-electron chi connectivity index (χ4n) is 1.48. The molecular formula is C11H12N2S. The number of nitrogens with zero attached hydrogens (tertiary/aromatic N) is 1. The lowest BCUT2D eigenvalue weighted by atomic mass is 10.3. The molecule has 1 saturated carbocycles. The number of aromatic amines is 1. The zero-order valence-electron chi connectivity index (χ0n) is 7.86. The van der Waals surface area contributed by atoms with Gasteiger partial charge in [-0.15, -0.1) is 0 Å². The second kappa shape index (κ2) is 3.31. The minimum Gasteiger partial charge on any atom is -0.333 e. The fourth-order valence-corrected chi connectivity index (χ4v) is 2.55. The van der Waals surface area contributed by atoms with Gasteiger partial charge in [0.1, 0.15) is 0 Å². The number of imidazole rings is 1. The largest absolute Gasteiger partial charge is 0.333 e. The van der Waals surface area contributed by atoms with Crippen molar-refractivity contribution in [3.8, 4) is 0 Å². The van der Waals surface area contributed by atoms with E-state index in [2.05, 4.69) is 16.0 Å². The number of aromatic nitrogens is 2. The SMILES string of the molecule is c1ccc2[nH]c(SCC3CC3)nc2c1. The van der Waals surface area contributed by atoms with Crippen molar-refractivity contribution < 1.29 is 0 Å². The molecule has 1 fully saturated rings. The maximum atomic E-state index is 4.52. The number of thioether (sulfide) groups is 1. The fraction of sp³-hybridized carbons (Fsp3) is 0.364. The van der Waals surface area contributed by atoms with Crippen molar-refractivity contribution in [3.05, 3.63) is 24.3 Å². The van der Waals surface area contributed by atoms with Gasteiger partial charge >= 0.3 is 0 Å². The van der Waals surface area contributed by atoms with Crippen molar-refractivity contribution in [1.29, 1.82) is 0 Å². The Bertz CT molecular complexity index is 412. The first-order valence-electron chi connectivity index (χ1n) is 4.99. The van der Waals surface area contributed by atoms with E-state index in [0.29, 0.717) is 0 Å². The van der Waals surface area contributed by atoms with E-state index >= 15 is 0 Å². The van der Waals surface area contributed by atoms with Crippen molar-refractivity contribution in [2.24, 2.45) is 5.92 Å². The highest BCUT2D eigenvalue weighted by Crippen LogP contribution is 2.34. The molecule has 72 valence electrons. The van der Waals surface area contributed by atoms with Crippen LogP contribution in [0, 0.1) is 5.92 Å². The Hall–Kier alpha value is -0.960. The van der Waals surface area contributed by atoms with E-state index in [1.807, 2.05) is 30.0 Å². The first-order chi connectivity index (χ1) is 6.92. The van der Waals surface area contributed by atoms with E-state index in [9.17, 15) is 0 Å². The van der Waals surface area contributed by atoms with Gasteiger partial charge in [0.25, 0.3) is 0 Å². The van der Waals surface area contributed by atoms with Crippen molar-refractivity contribution in [1.82, 2.24) is 9.97 Å². The molecular weight excluding hydrogens is 192 g/mol. The van der Waals surface area contributed by atoms with E-state index in [-0.39, 0.29) is 0 Å². The van der Waals surface area contributed by atoms with Crippen LogP contribution in [-0.4, -0.2) is 15.7 Å². The number of para-hydroxylation sites is 2. The molecule has 0 saturated heterocycles. The average molecular weight is 204 g/mol. The number of fused-ring (bicyclic) bond motifs is 1. The van der Waals surface area contributed by atoms with Gasteiger partial charge in [0.05, 0.1) is 11.0 Å². The van der Waals surface area contributed by atoms with E-state index < -0.39 is 0 Å². The lowest BCUT2D eigenvalue weighted by molar-refractivity contribution is 0.985. The Balaban J connectivity index is 1.82. The van der Waals surface area contributed by atoms with Crippen LogP contribution in [-0.2, 0) is 0 Å². The second-order valence-corrected chi connectivity index (χ2v) is 4.82. The summed E-state index contributed by atoms with van der Waals surface area (Å²) in [6.07, 6.45) is 2.82. The molecule has 1 aromatic heterocycles. The maximum absolute atomic E-state index is 4.52. The van der Waals surface area contributed by atoms with E-state index in [1.165, 1.54) is 18.6 Å². The highest BCUT2D eigenvalue weighted by Gasteiger charge is 2.21. The first kappa shape index (κ1) is 8.36. The summed E-state index contributed by atoms with van der Waals surface area (Å²) in [4.78, 5) is 7.85. The molecule has 1 aliphatic carbocycles. The van der Waals surface area contributed by atoms with E-state index in [4.69, 9.17) is 0 Å². The molecule has 1 N–H and O–H groups in total. The molecule has 2 aromatic rings. The van der Waals surface area contributed by atoms with Crippen LogP contribution in [0.4, 0.5) is 0 Å². The third kappa shape index (κ3) is 1.64. The summed E-state index contributed by atoms with van der Waals surface area (Å²) in [7, 11) is 0. The molecule has 0 radical (unpaired) electrons. The summed E-state index contributed by atoms with van der Waals surface area (Å²) in [5, 5.41) is 1.07. The standard InChI is InChI=1S/C11H12N2S/c1-2-4-10-9(3-1)12-11(13-10)14-7-8-5-6-8/h1-4,8H,5-7H2,(H,12,13). The predicted molar refractivity (Wildman–Crippen MR) is 59.5 cm³/mol. The van der Waals surface area contributed by atoms with Gasteiger partial charge in [0.15, 0.2) is 5.16 Å². The van der Waals surface area contributed by atoms with Gasteiger partial charge < -0.3 is 4.98 Å². The quantitative estimate of drug-likeness (QED) is 0.778. The molecule has 0 aliphatic heterocycles. The molecule has 0 atom stereocenters. The molecule has 0 unspecified atom stereocenters. The summed E-state index contributed by atoms with van der Waals surface area (Å²) in [5.74, 6) is 2.17. The van der Waals surface area contributed by atoms with Gasteiger partial charge in [-0.3, -0.25) is 0 Å². The van der Waals surface area contributed by atoms with Crippen LogP contribution >= 0.6 is 11.8 Å². The Labute approximate surface area is 87.1 Å². The van der Waals surface area contributed by atoms with Gasteiger partial charge in [-0.2, -0.15) is 0 Å². The topological polar surface area (TPSA) is 28.7 Å².